The van der Waals surface area contributed by atoms with E-state index < -0.39 is 11.7 Å². The predicted molar refractivity (Wildman–Crippen MR) is 129 cm³/mol. The van der Waals surface area contributed by atoms with Gasteiger partial charge >= 0.3 is 6.09 Å². The Kier molecular flexibility index (Phi) is 6.59. The molecule has 34 heavy (non-hydrogen) atoms. The van der Waals surface area contributed by atoms with Crippen LogP contribution < -0.4 is 9.64 Å². The Bertz CT molecular complexity index is 997. The van der Waals surface area contributed by atoms with Crippen molar-refractivity contribution in [1.29, 1.82) is 0 Å². The minimum Gasteiger partial charge on any atom is -0.489 e. The molecule has 11 heteroatoms. The first-order chi connectivity index (χ1) is 15.8. The zero-order valence-corrected chi connectivity index (χ0v) is 22.0. The molecule has 1 unspecified atom stereocenters. The van der Waals surface area contributed by atoms with Gasteiger partial charge in [0.15, 0.2) is 10.9 Å². The summed E-state index contributed by atoms with van der Waals surface area (Å²) in [4.78, 5) is 36.4. The Morgan fingerprint density at radius 2 is 1.91 bits per heavy atom. The number of rotatable bonds is 2. The SMILES string of the molecule is COC1CN(c2nc(Cl)c(Cl)c3c2C(=O)N2CCN(C(=O)OC(C)(C)C)C[C@@H]2CO3)C(C)(C)C1. The van der Waals surface area contributed by atoms with Crippen LogP contribution >= 0.6 is 23.2 Å². The molecule has 0 saturated carbocycles. The van der Waals surface area contributed by atoms with Crippen molar-refractivity contribution in [2.75, 3.05) is 44.8 Å². The molecular weight excluding hydrogens is 483 g/mol. The van der Waals surface area contributed by atoms with Gasteiger partial charge in [0.1, 0.15) is 28.6 Å². The first kappa shape index (κ1) is 25.1. The summed E-state index contributed by atoms with van der Waals surface area (Å²) in [5.74, 6) is 0.435. The number of aromatic nitrogens is 1. The fraction of sp³-hybridized carbons (Fsp3) is 0.696. The molecule has 0 aliphatic carbocycles. The van der Waals surface area contributed by atoms with E-state index in [4.69, 9.17) is 37.4 Å². The topological polar surface area (TPSA) is 84.4 Å². The van der Waals surface area contributed by atoms with Gasteiger partial charge in [0, 0.05) is 38.8 Å². The predicted octanol–water partition coefficient (Wildman–Crippen LogP) is 3.85. The summed E-state index contributed by atoms with van der Waals surface area (Å²) < 4.78 is 17.2. The molecule has 4 rings (SSSR count). The lowest BCUT2D eigenvalue weighted by Crippen LogP contribution is -2.58. The number of nitrogens with zero attached hydrogens (tertiary/aromatic N) is 4. The molecule has 2 fully saturated rings. The minimum absolute atomic E-state index is 0.00572. The molecule has 4 heterocycles. The third-order valence-corrected chi connectivity index (χ3v) is 7.22. The summed E-state index contributed by atoms with van der Waals surface area (Å²) in [5.41, 5.74) is -0.624. The molecule has 2 amide bonds. The Morgan fingerprint density at radius 3 is 2.53 bits per heavy atom. The van der Waals surface area contributed by atoms with Gasteiger partial charge in [-0.25, -0.2) is 9.78 Å². The van der Waals surface area contributed by atoms with Crippen LogP contribution in [-0.4, -0.2) is 90.0 Å². The number of carbonyl (C=O) groups is 2. The fourth-order valence-corrected chi connectivity index (χ4v) is 5.18. The maximum atomic E-state index is 13.9. The molecule has 0 N–H and O–H groups in total. The fourth-order valence-electron chi connectivity index (χ4n) is 4.82. The normalized spacial score (nSPS) is 24.4. The van der Waals surface area contributed by atoms with Crippen molar-refractivity contribution in [3.05, 3.63) is 15.7 Å². The lowest BCUT2D eigenvalue weighted by Gasteiger charge is -2.40. The standard InChI is InChI=1S/C23H32Cl2N4O5/c1-22(2,3)34-21(31)27-7-8-28-13(10-27)12-33-17-15(20(28)30)19(26-18(25)16(17)24)29-11-14(32-6)9-23(29,4)5/h13-14H,7-12H2,1-6H3/t13-,14?/m1/s1. The molecular formula is C23H32Cl2N4O5. The second-order valence-electron chi connectivity index (χ2n) is 10.6. The average molecular weight is 515 g/mol. The summed E-state index contributed by atoms with van der Waals surface area (Å²) in [6.45, 7) is 11.3. The van der Waals surface area contributed by atoms with Gasteiger partial charge in [0.05, 0.1) is 12.1 Å². The summed E-state index contributed by atoms with van der Waals surface area (Å²) in [5, 5.41) is 0.188. The lowest BCUT2D eigenvalue weighted by atomic mass is 10.0. The summed E-state index contributed by atoms with van der Waals surface area (Å²) >= 11 is 12.9. The number of hydrogen-bond donors (Lipinski definition) is 0. The second kappa shape index (κ2) is 8.91. The molecule has 9 nitrogen and oxygen atoms in total. The number of pyridine rings is 1. The van der Waals surface area contributed by atoms with Gasteiger partial charge in [-0.2, -0.15) is 0 Å². The molecule has 2 atom stereocenters. The first-order valence-electron chi connectivity index (χ1n) is 11.4. The van der Waals surface area contributed by atoms with Crippen molar-refractivity contribution in [1.82, 2.24) is 14.8 Å². The first-order valence-corrected chi connectivity index (χ1v) is 12.2. The van der Waals surface area contributed by atoms with Crippen LogP contribution in [0.5, 0.6) is 5.75 Å². The molecule has 0 aromatic carbocycles. The maximum Gasteiger partial charge on any atom is 0.410 e. The zero-order valence-electron chi connectivity index (χ0n) is 20.5. The van der Waals surface area contributed by atoms with Gasteiger partial charge in [-0.05, 0) is 41.0 Å². The van der Waals surface area contributed by atoms with Crippen molar-refractivity contribution in [3.63, 3.8) is 0 Å². The Labute approximate surface area is 210 Å². The summed E-state index contributed by atoms with van der Waals surface area (Å²) in [6.07, 6.45) is 0.356. The van der Waals surface area contributed by atoms with E-state index in [1.54, 1.807) is 16.9 Å². The monoisotopic (exact) mass is 514 g/mol. The van der Waals surface area contributed by atoms with Crippen LogP contribution in [0, 0.1) is 0 Å². The van der Waals surface area contributed by atoms with Gasteiger partial charge in [0.2, 0.25) is 0 Å². The second-order valence-corrected chi connectivity index (χ2v) is 11.4. The van der Waals surface area contributed by atoms with E-state index in [1.165, 1.54) is 0 Å². The minimum atomic E-state index is -0.604. The Balaban J connectivity index is 1.68. The van der Waals surface area contributed by atoms with E-state index in [1.807, 2.05) is 25.7 Å². The highest BCUT2D eigenvalue weighted by atomic mass is 35.5. The summed E-state index contributed by atoms with van der Waals surface area (Å²) in [7, 11) is 1.68. The van der Waals surface area contributed by atoms with Crippen LogP contribution in [0.4, 0.5) is 10.6 Å². The van der Waals surface area contributed by atoms with Crippen molar-refractivity contribution in [2.45, 2.75) is 64.3 Å². The molecule has 0 spiro atoms. The average Bonchev–Trinajstić information content (AvgIpc) is 2.98. The van der Waals surface area contributed by atoms with Gasteiger partial charge in [-0.1, -0.05) is 23.2 Å². The van der Waals surface area contributed by atoms with E-state index in [2.05, 4.69) is 18.8 Å². The molecule has 0 radical (unpaired) electrons. The number of hydrogen-bond acceptors (Lipinski definition) is 7. The number of anilines is 1. The third-order valence-electron chi connectivity index (χ3n) is 6.50. The molecule has 1 aromatic heterocycles. The van der Waals surface area contributed by atoms with Crippen molar-refractivity contribution in [3.8, 4) is 5.75 Å². The molecule has 188 valence electrons. The van der Waals surface area contributed by atoms with Crippen LogP contribution in [-0.2, 0) is 9.47 Å². The van der Waals surface area contributed by atoms with E-state index in [-0.39, 0.29) is 46.1 Å². The van der Waals surface area contributed by atoms with Gasteiger partial charge in [0.25, 0.3) is 5.91 Å². The van der Waals surface area contributed by atoms with Crippen LogP contribution in [0.3, 0.4) is 0 Å². The molecule has 0 bridgehead atoms. The molecule has 1 aromatic rings. The van der Waals surface area contributed by atoms with Crippen molar-refractivity contribution in [2.24, 2.45) is 0 Å². The number of halogens is 2. The van der Waals surface area contributed by atoms with E-state index in [0.717, 1.165) is 6.42 Å². The number of amides is 2. The van der Waals surface area contributed by atoms with Crippen molar-refractivity contribution >= 4 is 41.0 Å². The number of carbonyl (C=O) groups excluding carboxylic acids is 2. The van der Waals surface area contributed by atoms with Gasteiger partial charge < -0.3 is 28.9 Å². The molecule has 2 saturated heterocycles. The Morgan fingerprint density at radius 1 is 1.21 bits per heavy atom. The van der Waals surface area contributed by atoms with Crippen molar-refractivity contribution < 1.29 is 23.8 Å². The van der Waals surface area contributed by atoms with E-state index in [0.29, 0.717) is 37.6 Å². The van der Waals surface area contributed by atoms with Gasteiger partial charge in [-0.15, -0.1) is 0 Å². The highest BCUT2D eigenvalue weighted by molar-refractivity contribution is 6.42. The van der Waals surface area contributed by atoms with Crippen LogP contribution in [0.25, 0.3) is 0 Å². The third kappa shape index (κ3) is 4.62. The summed E-state index contributed by atoms with van der Waals surface area (Å²) in [6, 6.07) is -0.359. The highest BCUT2D eigenvalue weighted by Gasteiger charge is 2.45. The lowest BCUT2D eigenvalue weighted by molar-refractivity contribution is 0.000952. The quantitative estimate of drug-likeness (QED) is 0.554. The van der Waals surface area contributed by atoms with E-state index in [9.17, 15) is 9.59 Å². The largest absolute Gasteiger partial charge is 0.489 e. The molecule has 3 aliphatic rings. The number of piperazine rings is 1. The van der Waals surface area contributed by atoms with E-state index >= 15 is 0 Å². The number of ether oxygens (including phenoxy) is 3. The zero-order chi connectivity index (χ0) is 25.0. The van der Waals surface area contributed by atoms with Crippen LogP contribution in [0.2, 0.25) is 10.2 Å². The Hall–Kier alpha value is -1.97. The molecule has 3 aliphatic heterocycles. The maximum absolute atomic E-state index is 13.9. The highest BCUT2D eigenvalue weighted by Crippen LogP contribution is 2.45. The number of fused-ring (bicyclic) bond motifs is 2. The smallest absolute Gasteiger partial charge is 0.410 e. The van der Waals surface area contributed by atoms with Gasteiger partial charge in [-0.3, -0.25) is 4.79 Å². The number of methoxy groups -OCH3 is 1. The van der Waals surface area contributed by atoms with Crippen LogP contribution in [0.15, 0.2) is 0 Å². The van der Waals surface area contributed by atoms with Crippen LogP contribution in [0.1, 0.15) is 51.4 Å².